The summed E-state index contributed by atoms with van der Waals surface area (Å²) in [5.74, 6) is -0.169. The van der Waals surface area contributed by atoms with Crippen LogP contribution in [-0.4, -0.2) is 27.1 Å². The Morgan fingerprint density at radius 3 is 2.43 bits per heavy atom. The predicted octanol–water partition coefficient (Wildman–Crippen LogP) is 2.11. The molecule has 0 aliphatic heterocycles. The molecule has 1 fully saturated rings. The lowest BCUT2D eigenvalue weighted by Gasteiger charge is -2.25. The number of benzene rings is 1. The van der Waals surface area contributed by atoms with Crippen LogP contribution in [0.4, 0.5) is 4.39 Å². The summed E-state index contributed by atoms with van der Waals surface area (Å²) < 4.78 is 37.5. The summed E-state index contributed by atoms with van der Waals surface area (Å²) in [5, 5.41) is 2.98. The molecule has 5 nitrogen and oxygen atoms in total. The number of carbonyl (C=O) groups is 1. The summed E-state index contributed by atoms with van der Waals surface area (Å²) in [6.45, 7) is 0.0749. The summed E-state index contributed by atoms with van der Waals surface area (Å²) in [7, 11) is -3.29. The number of hydrogen-bond donors (Lipinski definition) is 2. The van der Waals surface area contributed by atoms with Crippen molar-refractivity contribution in [3.8, 4) is 0 Å². The molecule has 0 unspecified atom stereocenters. The fraction of sp³-hybridized carbons (Fsp3) is 0.562. The number of rotatable bonds is 7. The Balaban J connectivity index is 2.00. The Labute approximate surface area is 136 Å². The van der Waals surface area contributed by atoms with Crippen LogP contribution in [0.3, 0.4) is 0 Å². The van der Waals surface area contributed by atoms with Gasteiger partial charge in [0.15, 0.2) is 0 Å². The van der Waals surface area contributed by atoms with E-state index in [4.69, 9.17) is 0 Å². The van der Waals surface area contributed by atoms with Gasteiger partial charge in [0.2, 0.25) is 15.9 Å². The third kappa shape index (κ3) is 5.91. The molecular weight excluding hydrogens is 319 g/mol. The number of nitrogens with one attached hydrogen (secondary N) is 2. The van der Waals surface area contributed by atoms with Crippen LogP contribution in [0, 0.1) is 11.7 Å². The third-order valence-corrected chi connectivity index (χ3v) is 4.86. The van der Waals surface area contributed by atoms with Crippen LogP contribution in [0.25, 0.3) is 0 Å². The topological polar surface area (TPSA) is 75.3 Å². The molecule has 1 aliphatic rings. The van der Waals surface area contributed by atoms with E-state index in [1.807, 2.05) is 0 Å². The van der Waals surface area contributed by atoms with Gasteiger partial charge in [-0.2, -0.15) is 0 Å². The van der Waals surface area contributed by atoms with Crippen molar-refractivity contribution in [1.82, 2.24) is 10.0 Å². The number of hydrogen-bond acceptors (Lipinski definition) is 3. The van der Waals surface area contributed by atoms with E-state index in [0.29, 0.717) is 5.92 Å². The molecule has 7 heteroatoms. The van der Waals surface area contributed by atoms with Gasteiger partial charge in [-0.05, 0) is 36.5 Å². The summed E-state index contributed by atoms with van der Waals surface area (Å²) >= 11 is 0. The molecule has 0 aromatic heterocycles. The molecule has 1 aromatic rings. The zero-order valence-electron chi connectivity index (χ0n) is 13.2. The van der Waals surface area contributed by atoms with Gasteiger partial charge in [-0.3, -0.25) is 4.79 Å². The van der Waals surface area contributed by atoms with Gasteiger partial charge < -0.3 is 5.32 Å². The first-order chi connectivity index (χ1) is 10.8. The van der Waals surface area contributed by atoms with Crippen molar-refractivity contribution < 1.29 is 17.6 Å². The molecule has 0 saturated heterocycles. The normalized spacial score (nSPS) is 17.1. The van der Waals surface area contributed by atoms with Crippen molar-refractivity contribution in [2.45, 2.75) is 38.1 Å². The Morgan fingerprint density at radius 2 is 1.87 bits per heavy atom. The first kappa shape index (κ1) is 17.9. The highest BCUT2D eigenvalue weighted by molar-refractivity contribution is 7.88. The molecule has 1 aliphatic carbocycles. The molecule has 1 amide bonds. The molecule has 2 N–H and O–H groups in total. The van der Waals surface area contributed by atoms with Crippen LogP contribution in [0.2, 0.25) is 0 Å². The van der Waals surface area contributed by atoms with Gasteiger partial charge in [0, 0.05) is 13.0 Å². The van der Waals surface area contributed by atoms with Gasteiger partial charge in [0.05, 0.1) is 12.3 Å². The maximum atomic E-state index is 13.1. The summed E-state index contributed by atoms with van der Waals surface area (Å²) in [6.07, 6.45) is 5.47. The minimum absolute atomic E-state index is 0.0749. The molecule has 1 saturated carbocycles. The van der Waals surface area contributed by atoms with Crippen LogP contribution in [0.5, 0.6) is 0 Å². The second-order valence-electron chi connectivity index (χ2n) is 6.06. The lowest BCUT2D eigenvalue weighted by atomic mass is 9.91. The van der Waals surface area contributed by atoms with Crippen molar-refractivity contribution in [2.24, 2.45) is 5.92 Å². The monoisotopic (exact) mass is 342 g/mol. The Kier molecular flexibility index (Phi) is 6.12. The SMILES string of the molecule is CS(=O)(=O)NCCC(=O)N[C@@H](c1ccc(F)cc1)C1CCCC1. The van der Waals surface area contributed by atoms with Crippen molar-refractivity contribution in [3.05, 3.63) is 35.6 Å². The zero-order valence-corrected chi connectivity index (χ0v) is 14.0. The van der Waals surface area contributed by atoms with E-state index >= 15 is 0 Å². The first-order valence-electron chi connectivity index (χ1n) is 7.84. The average Bonchev–Trinajstić information content (AvgIpc) is 2.98. The van der Waals surface area contributed by atoms with Gasteiger partial charge in [-0.15, -0.1) is 0 Å². The lowest BCUT2D eigenvalue weighted by Crippen LogP contribution is -2.35. The lowest BCUT2D eigenvalue weighted by molar-refractivity contribution is -0.122. The fourth-order valence-electron chi connectivity index (χ4n) is 3.03. The van der Waals surface area contributed by atoms with Gasteiger partial charge in [-0.1, -0.05) is 25.0 Å². The maximum absolute atomic E-state index is 13.1. The minimum atomic E-state index is -3.29. The highest BCUT2D eigenvalue weighted by Gasteiger charge is 2.27. The standard InChI is InChI=1S/C16H23FN2O3S/c1-23(21,22)18-11-10-15(20)19-16(12-4-2-3-5-12)13-6-8-14(17)9-7-13/h6-9,12,16,18H,2-5,10-11H2,1H3,(H,19,20)/t16-/m1/s1. The van der Waals surface area contributed by atoms with E-state index < -0.39 is 10.0 Å². The van der Waals surface area contributed by atoms with Gasteiger partial charge in [0.1, 0.15) is 5.82 Å². The van der Waals surface area contributed by atoms with E-state index in [9.17, 15) is 17.6 Å². The van der Waals surface area contributed by atoms with Crippen LogP contribution >= 0.6 is 0 Å². The third-order valence-electron chi connectivity index (χ3n) is 4.13. The summed E-state index contributed by atoms with van der Waals surface area (Å²) in [6, 6.07) is 6.05. The highest BCUT2D eigenvalue weighted by atomic mass is 32.2. The van der Waals surface area contributed by atoms with Gasteiger partial charge >= 0.3 is 0 Å². The van der Waals surface area contributed by atoms with Crippen molar-refractivity contribution in [2.75, 3.05) is 12.8 Å². The first-order valence-corrected chi connectivity index (χ1v) is 9.74. The minimum Gasteiger partial charge on any atom is -0.349 e. The van der Waals surface area contributed by atoms with Crippen molar-refractivity contribution >= 4 is 15.9 Å². The second-order valence-corrected chi connectivity index (χ2v) is 7.89. The number of halogens is 1. The number of amides is 1. The largest absolute Gasteiger partial charge is 0.349 e. The van der Waals surface area contributed by atoms with Crippen LogP contribution in [0.15, 0.2) is 24.3 Å². The molecule has 1 atom stereocenters. The van der Waals surface area contributed by atoms with E-state index in [1.165, 1.54) is 12.1 Å². The number of sulfonamides is 1. The molecule has 0 radical (unpaired) electrons. The van der Waals surface area contributed by atoms with Gasteiger partial charge in [-0.25, -0.2) is 17.5 Å². The van der Waals surface area contributed by atoms with Crippen molar-refractivity contribution in [1.29, 1.82) is 0 Å². The fourth-order valence-corrected chi connectivity index (χ4v) is 3.50. The van der Waals surface area contributed by atoms with E-state index in [-0.39, 0.29) is 30.7 Å². The van der Waals surface area contributed by atoms with Crippen molar-refractivity contribution in [3.63, 3.8) is 0 Å². The summed E-state index contributed by atoms with van der Waals surface area (Å²) in [5.41, 5.74) is 0.891. The van der Waals surface area contributed by atoms with Crippen LogP contribution < -0.4 is 10.0 Å². The number of carbonyl (C=O) groups excluding carboxylic acids is 1. The van der Waals surface area contributed by atoms with E-state index in [1.54, 1.807) is 12.1 Å². The molecule has 0 bridgehead atoms. The molecule has 1 aromatic carbocycles. The molecule has 2 rings (SSSR count). The van der Waals surface area contributed by atoms with Crippen LogP contribution in [0.1, 0.15) is 43.7 Å². The predicted molar refractivity (Wildman–Crippen MR) is 86.7 cm³/mol. The molecule has 0 spiro atoms. The highest BCUT2D eigenvalue weighted by Crippen LogP contribution is 2.35. The van der Waals surface area contributed by atoms with E-state index in [2.05, 4.69) is 10.0 Å². The van der Waals surface area contributed by atoms with E-state index in [0.717, 1.165) is 37.5 Å². The average molecular weight is 342 g/mol. The maximum Gasteiger partial charge on any atom is 0.221 e. The zero-order chi connectivity index (χ0) is 16.9. The molecule has 128 valence electrons. The quantitative estimate of drug-likeness (QED) is 0.797. The molecule has 23 heavy (non-hydrogen) atoms. The second kappa shape index (κ2) is 7.88. The van der Waals surface area contributed by atoms with Crippen LogP contribution in [-0.2, 0) is 14.8 Å². The Bertz CT molecular complexity index is 625. The smallest absolute Gasteiger partial charge is 0.221 e. The van der Waals surface area contributed by atoms with Gasteiger partial charge in [0.25, 0.3) is 0 Å². The summed E-state index contributed by atoms with van der Waals surface area (Å²) in [4.78, 5) is 12.1. The molecular formula is C16H23FN2O3S. The Morgan fingerprint density at radius 1 is 1.26 bits per heavy atom. The molecule has 0 heterocycles. The Hall–Kier alpha value is -1.47.